The third-order valence-electron chi connectivity index (χ3n) is 4.15. The largest absolute Gasteiger partial charge is 0.457 e. The topological polar surface area (TPSA) is 111 Å². The minimum Gasteiger partial charge on any atom is -0.457 e. The van der Waals surface area contributed by atoms with Gasteiger partial charge < -0.3 is 16.2 Å². The molecule has 0 unspecified atom stereocenters. The SMILES string of the molecule is CC(C)(C)c1ccc(Oc2ccc(-c3nc(N)nc(N)c3C#N)cc2)cc1. The molecule has 0 aliphatic carbocycles. The van der Waals surface area contributed by atoms with Crippen LogP contribution in [0.25, 0.3) is 11.3 Å². The number of ether oxygens (including phenoxy) is 1. The van der Waals surface area contributed by atoms with Crippen LogP contribution in [-0.2, 0) is 5.41 Å². The van der Waals surface area contributed by atoms with Gasteiger partial charge in [0.1, 0.15) is 28.9 Å². The van der Waals surface area contributed by atoms with E-state index in [9.17, 15) is 5.26 Å². The Hall–Kier alpha value is -3.59. The summed E-state index contributed by atoms with van der Waals surface area (Å²) in [5.74, 6) is 1.53. The predicted molar refractivity (Wildman–Crippen MR) is 106 cm³/mol. The number of hydrogen-bond acceptors (Lipinski definition) is 6. The monoisotopic (exact) mass is 359 g/mol. The molecule has 0 saturated carbocycles. The number of rotatable bonds is 3. The first-order chi connectivity index (χ1) is 12.8. The number of anilines is 2. The van der Waals surface area contributed by atoms with Crippen molar-refractivity contribution in [2.45, 2.75) is 26.2 Å². The predicted octanol–water partition coefficient (Wildman–Crippen LogP) is 4.27. The Morgan fingerprint density at radius 3 is 1.96 bits per heavy atom. The van der Waals surface area contributed by atoms with Gasteiger partial charge in [0.25, 0.3) is 0 Å². The number of nitrogens with two attached hydrogens (primary N) is 2. The normalized spacial score (nSPS) is 11.0. The number of aromatic nitrogens is 2. The van der Waals surface area contributed by atoms with E-state index < -0.39 is 0 Å². The highest BCUT2D eigenvalue weighted by Crippen LogP contribution is 2.30. The summed E-state index contributed by atoms with van der Waals surface area (Å²) in [5.41, 5.74) is 14.1. The lowest BCUT2D eigenvalue weighted by molar-refractivity contribution is 0.481. The van der Waals surface area contributed by atoms with Gasteiger partial charge in [0.2, 0.25) is 5.95 Å². The number of nitrogens with zero attached hydrogens (tertiary/aromatic N) is 3. The van der Waals surface area contributed by atoms with E-state index in [4.69, 9.17) is 16.2 Å². The molecular weight excluding hydrogens is 338 g/mol. The van der Waals surface area contributed by atoms with Crippen molar-refractivity contribution in [2.75, 3.05) is 11.5 Å². The lowest BCUT2D eigenvalue weighted by atomic mass is 9.87. The fourth-order valence-electron chi connectivity index (χ4n) is 2.66. The van der Waals surface area contributed by atoms with E-state index in [1.54, 1.807) is 12.1 Å². The zero-order valence-electron chi connectivity index (χ0n) is 15.5. The van der Waals surface area contributed by atoms with Crippen molar-refractivity contribution in [3.8, 4) is 28.8 Å². The molecule has 4 N–H and O–H groups in total. The van der Waals surface area contributed by atoms with E-state index in [0.29, 0.717) is 17.0 Å². The van der Waals surface area contributed by atoms with Crippen LogP contribution in [0, 0.1) is 11.3 Å². The zero-order valence-corrected chi connectivity index (χ0v) is 15.5. The van der Waals surface area contributed by atoms with Crippen LogP contribution < -0.4 is 16.2 Å². The second-order valence-electron chi connectivity index (χ2n) is 7.20. The fourth-order valence-corrected chi connectivity index (χ4v) is 2.66. The molecule has 27 heavy (non-hydrogen) atoms. The first-order valence-electron chi connectivity index (χ1n) is 8.50. The van der Waals surface area contributed by atoms with Crippen molar-refractivity contribution in [2.24, 2.45) is 0 Å². The van der Waals surface area contributed by atoms with Crippen LogP contribution in [0.5, 0.6) is 11.5 Å². The standard InChI is InChI=1S/C21H21N5O/c1-21(2,3)14-6-10-16(11-7-14)27-15-8-4-13(5-9-15)18-17(12-22)19(23)26-20(24)25-18/h4-11H,1-3H3,(H4,23,24,25,26). The summed E-state index contributed by atoms with van der Waals surface area (Å²) in [6.45, 7) is 6.51. The van der Waals surface area contributed by atoms with Gasteiger partial charge in [-0.05, 0) is 47.4 Å². The Bertz CT molecular complexity index is 997. The van der Waals surface area contributed by atoms with Crippen LogP contribution in [0.2, 0.25) is 0 Å². The van der Waals surface area contributed by atoms with Crippen LogP contribution >= 0.6 is 0 Å². The molecule has 6 nitrogen and oxygen atoms in total. The summed E-state index contributed by atoms with van der Waals surface area (Å²) >= 11 is 0. The van der Waals surface area contributed by atoms with Crippen molar-refractivity contribution >= 4 is 11.8 Å². The zero-order chi connectivity index (χ0) is 19.6. The van der Waals surface area contributed by atoms with Gasteiger partial charge >= 0.3 is 0 Å². The maximum Gasteiger partial charge on any atom is 0.222 e. The van der Waals surface area contributed by atoms with Crippen molar-refractivity contribution in [1.82, 2.24) is 9.97 Å². The number of nitrogen functional groups attached to an aromatic ring is 2. The van der Waals surface area contributed by atoms with Crippen molar-refractivity contribution < 1.29 is 4.74 Å². The molecule has 0 radical (unpaired) electrons. The minimum atomic E-state index is 0.0285. The van der Waals surface area contributed by atoms with Gasteiger partial charge in [0, 0.05) is 5.56 Å². The molecule has 0 aliphatic heterocycles. The van der Waals surface area contributed by atoms with Crippen LogP contribution in [0.4, 0.5) is 11.8 Å². The van der Waals surface area contributed by atoms with Crippen molar-refractivity contribution in [3.63, 3.8) is 0 Å². The van der Waals surface area contributed by atoms with Crippen LogP contribution in [-0.4, -0.2) is 9.97 Å². The average Bonchev–Trinajstić information content (AvgIpc) is 2.61. The number of nitriles is 1. The molecule has 3 rings (SSSR count). The van der Waals surface area contributed by atoms with Gasteiger partial charge in [-0.3, -0.25) is 0 Å². The summed E-state index contributed by atoms with van der Waals surface area (Å²) in [6, 6.07) is 17.3. The van der Waals surface area contributed by atoms with E-state index in [1.165, 1.54) is 5.56 Å². The lowest BCUT2D eigenvalue weighted by Gasteiger charge is -2.19. The average molecular weight is 359 g/mol. The molecule has 1 heterocycles. The Balaban J connectivity index is 1.84. The molecule has 0 spiro atoms. The third-order valence-corrected chi connectivity index (χ3v) is 4.15. The van der Waals surface area contributed by atoms with Gasteiger partial charge in [-0.2, -0.15) is 10.2 Å². The van der Waals surface area contributed by atoms with Gasteiger partial charge in [0.05, 0.1) is 5.69 Å². The third kappa shape index (κ3) is 3.98. The summed E-state index contributed by atoms with van der Waals surface area (Å²) < 4.78 is 5.89. The molecule has 2 aromatic carbocycles. The first-order valence-corrected chi connectivity index (χ1v) is 8.50. The fraction of sp³-hybridized carbons (Fsp3) is 0.190. The van der Waals surface area contributed by atoms with Crippen molar-refractivity contribution in [3.05, 3.63) is 59.7 Å². The Morgan fingerprint density at radius 2 is 1.44 bits per heavy atom. The first kappa shape index (κ1) is 18.2. The second kappa shape index (κ2) is 6.96. The van der Waals surface area contributed by atoms with Gasteiger partial charge in [-0.1, -0.05) is 32.9 Å². The lowest BCUT2D eigenvalue weighted by Crippen LogP contribution is -2.10. The maximum atomic E-state index is 9.30. The number of hydrogen-bond donors (Lipinski definition) is 2. The highest BCUT2D eigenvalue weighted by atomic mass is 16.5. The molecule has 0 saturated heterocycles. The van der Waals surface area contributed by atoms with Crippen LogP contribution in [0.15, 0.2) is 48.5 Å². The molecule has 0 atom stereocenters. The molecule has 0 amide bonds. The van der Waals surface area contributed by atoms with Gasteiger partial charge in [-0.15, -0.1) is 0 Å². The molecule has 6 heteroatoms. The summed E-state index contributed by atoms with van der Waals surface area (Å²) in [4.78, 5) is 7.97. The van der Waals surface area contributed by atoms with E-state index in [2.05, 4.69) is 42.9 Å². The quantitative estimate of drug-likeness (QED) is 0.722. The highest BCUT2D eigenvalue weighted by molar-refractivity contribution is 5.73. The molecule has 3 aromatic rings. The van der Waals surface area contributed by atoms with Crippen LogP contribution in [0.3, 0.4) is 0 Å². The highest BCUT2D eigenvalue weighted by Gasteiger charge is 2.14. The summed E-state index contributed by atoms with van der Waals surface area (Å²) in [7, 11) is 0. The minimum absolute atomic E-state index is 0.0285. The smallest absolute Gasteiger partial charge is 0.222 e. The molecule has 1 aromatic heterocycles. The Morgan fingerprint density at radius 1 is 0.889 bits per heavy atom. The summed E-state index contributed by atoms with van der Waals surface area (Å²) in [5, 5.41) is 9.30. The molecule has 0 fully saturated rings. The number of benzene rings is 2. The molecule has 0 bridgehead atoms. The molecule has 136 valence electrons. The maximum absolute atomic E-state index is 9.30. The van der Waals surface area contributed by atoms with Gasteiger partial charge in [0.15, 0.2) is 0 Å². The van der Waals surface area contributed by atoms with E-state index in [-0.39, 0.29) is 22.7 Å². The van der Waals surface area contributed by atoms with Crippen LogP contribution in [0.1, 0.15) is 31.9 Å². The van der Waals surface area contributed by atoms with Gasteiger partial charge in [-0.25, -0.2) is 4.98 Å². The van der Waals surface area contributed by atoms with E-state index in [0.717, 1.165) is 5.75 Å². The molecule has 0 aliphatic rings. The van der Waals surface area contributed by atoms with Crippen molar-refractivity contribution in [1.29, 1.82) is 5.26 Å². The molecular formula is C21H21N5O. The Kier molecular flexibility index (Phi) is 4.70. The van der Waals surface area contributed by atoms with E-state index in [1.807, 2.05) is 30.3 Å². The Labute approximate surface area is 158 Å². The second-order valence-corrected chi connectivity index (χ2v) is 7.20. The van der Waals surface area contributed by atoms with E-state index >= 15 is 0 Å². The summed E-state index contributed by atoms with van der Waals surface area (Å²) in [6.07, 6.45) is 0.